The predicted octanol–water partition coefficient (Wildman–Crippen LogP) is 7.53. The Morgan fingerprint density at radius 3 is 2.59 bits per heavy atom. The van der Waals surface area contributed by atoms with Gasteiger partial charge in [-0.2, -0.15) is 10.4 Å². The molecule has 348 valence electrons. The van der Waals surface area contributed by atoms with E-state index in [1.54, 1.807) is 47.9 Å². The van der Waals surface area contributed by atoms with Crippen LogP contribution in [0.5, 0.6) is 11.5 Å². The smallest absolute Gasteiger partial charge is 0.329 e. The van der Waals surface area contributed by atoms with Crippen LogP contribution in [-0.4, -0.2) is 105 Å². The first-order valence-corrected chi connectivity index (χ1v) is 23.5. The number of halogens is 2. The number of anilines is 2. The van der Waals surface area contributed by atoms with E-state index in [-0.39, 0.29) is 52.1 Å². The molecule has 5 aromatic rings. The molecule has 66 heavy (non-hydrogen) atoms. The Balaban J connectivity index is 0.819. The monoisotopic (exact) mass is 924 g/mol. The van der Waals surface area contributed by atoms with Crippen molar-refractivity contribution >= 4 is 57.9 Å². The summed E-state index contributed by atoms with van der Waals surface area (Å²) in [6.45, 7) is 5.86. The third-order valence-electron chi connectivity index (χ3n) is 13.9. The summed E-state index contributed by atoms with van der Waals surface area (Å²) in [7, 11) is 3.46. The molecule has 2 N–H and O–H groups in total. The number of nitriles is 1. The molecule has 2 aromatic heterocycles. The van der Waals surface area contributed by atoms with Gasteiger partial charge in [0, 0.05) is 70.4 Å². The van der Waals surface area contributed by atoms with Gasteiger partial charge in [0.25, 0.3) is 5.56 Å². The molecule has 4 aliphatic rings. The predicted molar refractivity (Wildman–Crippen MR) is 246 cm³/mol. The van der Waals surface area contributed by atoms with Crippen LogP contribution in [0.2, 0.25) is 0 Å². The van der Waals surface area contributed by atoms with Crippen molar-refractivity contribution in [3.63, 3.8) is 0 Å². The van der Waals surface area contributed by atoms with Gasteiger partial charge in [0.1, 0.15) is 23.2 Å². The van der Waals surface area contributed by atoms with Crippen LogP contribution in [0.4, 0.5) is 25.1 Å². The molecule has 2 unspecified atom stereocenters. The second-order valence-corrected chi connectivity index (χ2v) is 18.7. The molecule has 1 saturated carbocycles. The van der Waals surface area contributed by atoms with E-state index < -0.39 is 11.8 Å². The number of carbonyl (C=O) groups is 2. The summed E-state index contributed by atoms with van der Waals surface area (Å²) in [5.74, 6) is -0.678. The molecule has 3 amide bonds. The number of methoxy groups -OCH3 is 1. The minimum atomic E-state index is -0.703. The molecule has 0 radical (unpaired) electrons. The van der Waals surface area contributed by atoms with E-state index in [9.17, 15) is 19.6 Å². The zero-order chi connectivity index (χ0) is 46.1. The summed E-state index contributed by atoms with van der Waals surface area (Å²) in [5.41, 5.74) is 1.66. The lowest BCUT2D eigenvalue weighted by Gasteiger charge is -2.44. The lowest BCUT2D eigenvalue weighted by Crippen LogP contribution is -2.49. The molecule has 16 nitrogen and oxygen atoms in total. The fourth-order valence-electron chi connectivity index (χ4n) is 10.3. The van der Waals surface area contributed by atoms with E-state index in [2.05, 4.69) is 35.4 Å². The fourth-order valence-corrected chi connectivity index (χ4v) is 11.2. The molecule has 0 bridgehead atoms. The van der Waals surface area contributed by atoms with Crippen LogP contribution in [0.3, 0.4) is 0 Å². The molecule has 19 heteroatoms. The number of benzene rings is 3. The van der Waals surface area contributed by atoms with Gasteiger partial charge in [-0.15, -0.1) is 0 Å². The summed E-state index contributed by atoms with van der Waals surface area (Å²) in [5, 5.41) is 17.7. The zero-order valence-electron chi connectivity index (χ0n) is 37.3. The number of nitrogens with one attached hydrogen (secondary N) is 2. The number of aromatic nitrogens is 4. The first kappa shape index (κ1) is 45.5. The minimum Gasteiger partial charge on any atom is -0.453 e. The second-order valence-electron chi connectivity index (χ2n) is 17.8. The molecule has 3 saturated heterocycles. The Morgan fingerprint density at radius 1 is 1.06 bits per heavy atom. The minimum absolute atomic E-state index is 0.00699. The number of nitrogens with zero attached hydrogens (tertiary/aromatic N) is 8. The largest absolute Gasteiger partial charge is 0.453 e. The molecule has 3 aromatic carbocycles. The summed E-state index contributed by atoms with van der Waals surface area (Å²) in [6.07, 6.45) is 9.46. The van der Waals surface area contributed by atoms with E-state index in [0.717, 1.165) is 76.6 Å². The van der Waals surface area contributed by atoms with Crippen LogP contribution >= 0.6 is 12.1 Å². The number of aryl methyl sites for hydroxylation is 1. The third-order valence-corrected chi connectivity index (χ3v) is 14.8. The number of amides is 3. The fraction of sp³-hybridized carbons (Fsp3) is 0.489. The Hall–Kier alpha value is -5.65. The van der Waals surface area contributed by atoms with Gasteiger partial charge in [0.05, 0.1) is 52.8 Å². The normalized spacial score (nSPS) is 22.2. The third kappa shape index (κ3) is 8.96. The Kier molecular flexibility index (Phi) is 13.3. The van der Waals surface area contributed by atoms with Gasteiger partial charge < -0.3 is 23.8 Å². The molecule has 4 fully saturated rings. The Bertz CT molecular complexity index is 2730. The lowest BCUT2D eigenvalue weighted by molar-refractivity contribution is -0.108. The topological polar surface area (TPSA) is 172 Å². The summed E-state index contributed by atoms with van der Waals surface area (Å²) < 4.78 is 57.7. The highest BCUT2D eigenvalue weighted by Gasteiger charge is 2.45. The van der Waals surface area contributed by atoms with Gasteiger partial charge in [-0.05, 0) is 112 Å². The number of hydrogen-bond acceptors (Lipinski definition) is 13. The average Bonchev–Trinajstić information content (AvgIpc) is 4.05. The van der Waals surface area contributed by atoms with Crippen LogP contribution in [-0.2, 0) is 21.3 Å². The van der Waals surface area contributed by atoms with Crippen molar-refractivity contribution in [2.24, 2.45) is 7.05 Å². The molecular formula is C47H54F2N10O6S. The number of hydrogen-bond donors (Lipinski definition) is 2. The molecule has 9 rings (SSSR count). The van der Waals surface area contributed by atoms with Crippen molar-refractivity contribution < 1.29 is 32.6 Å². The molecule has 1 aliphatic carbocycles. The van der Waals surface area contributed by atoms with Gasteiger partial charge in [-0.1, -0.05) is 6.92 Å². The highest BCUT2D eigenvalue weighted by Crippen LogP contribution is 2.44. The lowest BCUT2D eigenvalue weighted by atomic mass is 9.79. The maximum Gasteiger partial charge on any atom is 0.329 e. The Labute approximate surface area is 385 Å². The van der Waals surface area contributed by atoms with Gasteiger partial charge in [-0.25, -0.2) is 22.9 Å². The van der Waals surface area contributed by atoms with Gasteiger partial charge >= 0.3 is 6.03 Å². The Morgan fingerprint density at radius 2 is 1.86 bits per heavy atom. The van der Waals surface area contributed by atoms with Crippen LogP contribution in [0, 0.1) is 23.0 Å². The molecule has 5 heterocycles. The standard InChI is InChI=1S/C47H54F2N10O6S/c1-4-16-58(46(62)52-28-60)44-36-21-39(49)34(22-42(36)55(2)53-44)29-5-7-30(8-6-29)56-18-14-47(15-19-56)23-31(26-64-47)59-27-51-40-11-9-32(20-35(40)45(59)61)65-43-37(24-50)41(12-10-38(43)48)54-66-57-17-13-33(25-57)63-3/h9-12,20-22,27-31,33,54H,4-8,13-19,23,25-26H2,1-3H3,(H,52,60,62). The zero-order valence-corrected chi connectivity index (χ0v) is 38.1. The highest BCUT2D eigenvalue weighted by molar-refractivity contribution is 7.98. The number of fused-ring (bicyclic) bond motifs is 2. The van der Waals surface area contributed by atoms with E-state index in [4.69, 9.17) is 14.2 Å². The second kappa shape index (κ2) is 19.3. The number of likely N-dealkylation sites (tertiary alicyclic amines) is 1. The molecule has 2 atom stereocenters. The van der Waals surface area contributed by atoms with E-state index in [0.29, 0.717) is 71.8 Å². The van der Waals surface area contributed by atoms with Crippen LogP contribution < -0.4 is 25.2 Å². The highest BCUT2D eigenvalue weighted by atomic mass is 32.2. The van der Waals surface area contributed by atoms with E-state index in [1.807, 2.05) is 13.0 Å². The quantitative estimate of drug-likeness (QED) is 0.0878. The number of ether oxygens (including phenoxy) is 3. The van der Waals surface area contributed by atoms with Gasteiger partial charge in [-0.3, -0.25) is 29.1 Å². The first-order chi connectivity index (χ1) is 32.0. The molecular weight excluding hydrogens is 871 g/mol. The van der Waals surface area contributed by atoms with Gasteiger partial charge in [0.15, 0.2) is 17.4 Å². The van der Waals surface area contributed by atoms with Gasteiger partial charge in [0.2, 0.25) is 6.41 Å². The van der Waals surface area contributed by atoms with Crippen molar-refractivity contribution in [2.45, 2.75) is 94.4 Å². The number of urea groups is 1. The SMILES string of the molecule is CCCN(C(=O)NC=O)c1nn(C)c2cc(C3CCC(N4CCC5(CC4)CC(n4cnc6ccc(Oc7c(F)ccc(NSN8CCC(OC)C8)c7C#N)cc6c4=O)CO5)CC3)c(F)cc12. The number of piperidine rings is 1. The molecule has 3 aliphatic heterocycles. The molecule has 1 spiro atoms. The average molecular weight is 925 g/mol. The number of rotatable bonds is 13. The van der Waals surface area contributed by atoms with Crippen molar-refractivity contribution in [3.8, 4) is 17.6 Å². The summed E-state index contributed by atoms with van der Waals surface area (Å²) in [6, 6.07) is 12.6. The van der Waals surface area contributed by atoms with E-state index in [1.165, 1.54) is 35.2 Å². The number of carbonyl (C=O) groups excluding carboxylic acids is 2. The van der Waals surface area contributed by atoms with E-state index >= 15 is 8.78 Å². The summed E-state index contributed by atoms with van der Waals surface area (Å²) in [4.78, 5) is 46.3. The maximum absolute atomic E-state index is 15.9. The van der Waals surface area contributed by atoms with Crippen LogP contribution in [0.15, 0.2) is 53.6 Å². The van der Waals surface area contributed by atoms with Crippen LogP contribution in [0.1, 0.15) is 87.8 Å². The summed E-state index contributed by atoms with van der Waals surface area (Å²) >= 11 is 1.32. The van der Waals surface area contributed by atoms with Crippen molar-refractivity contribution in [1.82, 2.24) is 33.9 Å². The van der Waals surface area contributed by atoms with Crippen molar-refractivity contribution in [1.29, 1.82) is 5.26 Å². The number of imide groups is 1. The van der Waals surface area contributed by atoms with Crippen molar-refractivity contribution in [2.75, 3.05) is 56.1 Å². The maximum atomic E-state index is 15.9. The van der Waals surface area contributed by atoms with Crippen LogP contribution in [0.25, 0.3) is 21.8 Å². The van der Waals surface area contributed by atoms with Crippen molar-refractivity contribution in [3.05, 3.63) is 81.9 Å². The first-order valence-electron chi connectivity index (χ1n) is 22.7.